The Balaban J connectivity index is 1.21. The Morgan fingerprint density at radius 2 is 0.811 bits per heavy atom. The van der Waals surface area contributed by atoms with E-state index in [1.165, 1.54) is 33.4 Å². The molecule has 0 saturated carbocycles. The van der Waals surface area contributed by atoms with E-state index in [1.807, 2.05) is 0 Å². The summed E-state index contributed by atoms with van der Waals surface area (Å²) in [5.41, 5.74) is 15.6. The normalized spacial score (nSPS) is 13.1. The Morgan fingerprint density at radius 3 is 1.23 bits per heavy atom. The fourth-order valence-electron chi connectivity index (χ4n) is 8.50. The lowest BCUT2D eigenvalue weighted by Gasteiger charge is -2.34. The molecule has 10 aromatic rings. The molecule has 0 fully saturated rings. The van der Waals surface area contributed by atoms with Crippen LogP contribution in [0.4, 0.5) is 0 Å². The number of fused-ring (bicyclic) bond motifs is 5. The van der Waals surface area contributed by atoms with Crippen molar-refractivity contribution in [1.82, 2.24) is 18.8 Å². The summed E-state index contributed by atoms with van der Waals surface area (Å²) >= 11 is 3.33. The summed E-state index contributed by atoms with van der Waals surface area (Å²) in [5, 5.41) is 4.24. The maximum Gasteiger partial charge on any atom is 0.194 e. The highest BCUT2D eigenvalue weighted by atomic mass is 32.1. The third-order valence-electron chi connectivity index (χ3n) is 10.7. The van der Waals surface area contributed by atoms with Crippen molar-refractivity contribution >= 4 is 32.6 Å². The minimum atomic E-state index is -0.587. The van der Waals surface area contributed by atoms with Crippen LogP contribution in [0.25, 0.3) is 66.1 Å². The molecule has 0 atom stereocenters. The number of benzene rings is 6. The minimum absolute atomic E-state index is 0.587. The number of hydrogen-bond acceptors (Lipinski definition) is 4. The van der Waals surface area contributed by atoms with Crippen LogP contribution < -0.4 is 0 Å². The van der Waals surface area contributed by atoms with Crippen LogP contribution in [0.5, 0.6) is 0 Å². The van der Waals surface area contributed by atoms with Gasteiger partial charge < -0.3 is 0 Å². The molecule has 4 nitrogen and oxygen atoms in total. The van der Waals surface area contributed by atoms with Crippen molar-refractivity contribution in [2.45, 2.75) is 5.41 Å². The van der Waals surface area contributed by atoms with Gasteiger partial charge in [0.25, 0.3) is 0 Å². The van der Waals surface area contributed by atoms with E-state index in [1.54, 1.807) is 22.7 Å². The molecule has 4 aromatic heterocycles. The van der Waals surface area contributed by atoms with Crippen LogP contribution in [0.2, 0.25) is 0 Å². The Hall–Kier alpha value is -6.34. The lowest BCUT2D eigenvalue weighted by molar-refractivity contribution is 0.769. The molecule has 0 N–H and O–H groups in total. The predicted molar refractivity (Wildman–Crippen MR) is 219 cm³/mol. The molecule has 6 heteroatoms. The predicted octanol–water partition coefficient (Wildman–Crippen LogP) is 12.1. The molecule has 250 valence electrons. The van der Waals surface area contributed by atoms with E-state index in [0.29, 0.717) is 0 Å². The van der Waals surface area contributed by atoms with Gasteiger partial charge in [-0.3, -0.25) is 8.80 Å². The average Bonchev–Trinajstić information content (AvgIpc) is 4.05. The van der Waals surface area contributed by atoms with Crippen molar-refractivity contribution in [2.24, 2.45) is 0 Å². The third kappa shape index (κ3) is 4.46. The van der Waals surface area contributed by atoms with Crippen molar-refractivity contribution in [1.29, 1.82) is 0 Å². The first-order valence-corrected chi connectivity index (χ1v) is 19.5. The van der Waals surface area contributed by atoms with Gasteiger partial charge in [0, 0.05) is 45.4 Å². The lowest BCUT2D eigenvalue weighted by Crippen LogP contribution is -2.28. The van der Waals surface area contributed by atoms with Gasteiger partial charge in [0.05, 0.1) is 28.2 Å². The maximum absolute atomic E-state index is 5.17. The molecule has 1 aliphatic carbocycles. The first-order valence-electron chi connectivity index (χ1n) is 17.7. The second kappa shape index (κ2) is 11.9. The van der Waals surface area contributed by atoms with Crippen molar-refractivity contribution in [3.8, 4) is 56.2 Å². The molecular weight excluding hydrogens is 685 g/mol. The monoisotopic (exact) mass is 714 g/mol. The summed E-state index contributed by atoms with van der Waals surface area (Å²) in [6.07, 6.45) is 4.29. The average molecular weight is 715 g/mol. The maximum atomic E-state index is 5.17. The van der Waals surface area contributed by atoms with Crippen molar-refractivity contribution < 1.29 is 0 Å². The summed E-state index contributed by atoms with van der Waals surface area (Å²) in [7, 11) is 0. The highest BCUT2D eigenvalue weighted by molar-refractivity contribution is 7.15. The van der Waals surface area contributed by atoms with E-state index in [4.69, 9.17) is 9.97 Å². The van der Waals surface area contributed by atoms with Gasteiger partial charge >= 0.3 is 0 Å². The van der Waals surface area contributed by atoms with E-state index >= 15 is 0 Å². The van der Waals surface area contributed by atoms with Crippen LogP contribution in [-0.2, 0) is 5.41 Å². The molecule has 0 spiro atoms. The summed E-state index contributed by atoms with van der Waals surface area (Å²) < 4.78 is 4.50. The zero-order chi connectivity index (χ0) is 34.9. The van der Waals surface area contributed by atoms with E-state index in [9.17, 15) is 0 Å². The Labute approximate surface area is 314 Å². The van der Waals surface area contributed by atoms with Crippen LogP contribution in [0, 0.1) is 0 Å². The molecule has 1 aliphatic rings. The minimum Gasteiger partial charge on any atom is -0.290 e. The fraction of sp³-hybridized carbons (Fsp3) is 0.0213. The molecule has 0 unspecified atom stereocenters. The van der Waals surface area contributed by atoms with Crippen LogP contribution in [0.1, 0.15) is 22.3 Å². The smallest absolute Gasteiger partial charge is 0.194 e. The van der Waals surface area contributed by atoms with E-state index in [0.717, 1.165) is 55.0 Å². The molecule has 4 heterocycles. The second-order valence-corrected chi connectivity index (χ2v) is 15.2. The van der Waals surface area contributed by atoms with Gasteiger partial charge in [-0.25, -0.2) is 9.97 Å². The van der Waals surface area contributed by atoms with Gasteiger partial charge in [-0.2, -0.15) is 0 Å². The second-order valence-electron chi connectivity index (χ2n) is 13.5. The molecule has 11 rings (SSSR count). The fourth-order valence-corrected chi connectivity index (χ4v) is 9.93. The summed E-state index contributed by atoms with van der Waals surface area (Å²) in [4.78, 5) is 12.3. The largest absolute Gasteiger partial charge is 0.290 e. The molecule has 0 aliphatic heterocycles. The quantitative estimate of drug-likeness (QED) is 0.172. The first kappa shape index (κ1) is 30.3. The number of hydrogen-bond donors (Lipinski definition) is 0. The third-order valence-corrected chi connectivity index (χ3v) is 12.2. The number of aromatic nitrogens is 4. The van der Waals surface area contributed by atoms with Gasteiger partial charge in [-0.1, -0.05) is 146 Å². The van der Waals surface area contributed by atoms with Crippen LogP contribution in [-0.4, -0.2) is 18.8 Å². The van der Waals surface area contributed by atoms with E-state index < -0.39 is 5.41 Å². The molecule has 0 radical (unpaired) electrons. The summed E-state index contributed by atoms with van der Waals surface area (Å²) in [5.74, 6) is 0. The molecule has 53 heavy (non-hydrogen) atoms. The van der Waals surface area contributed by atoms with Crippen LogP contribution in [0.15, 0.2) is 181 Å². The number of thiazole rings is 2. The number of imidazole rings is 2. The summed E-state index contributed by atoms with van der Waals surface area (Å²) in [6.45, 7) is 0. The Kier molecular flexibility index (Phi) is 6.78. The van der Waals surface area contributed by atoms with Gasteiger partial charge in [0.2, 0.25) is 0 Å². The standard InChI is InChI=1S/C47H30N4S2/c1-5-13-31(14-6-1)41-43(50-25-27-52-45(50)48-41)33-21-23-37-38-24-22-34(44-42(32-15-7-2-8-16-32)49-46-51(44)26-28-53-46)30-40(38)47(39(37)29-33,35-17-9-3-10-18-35)36-19-11-4-12-20-36/h1-30H. The molecule has 6 aromatic carbocycles. The zero-order valence-electron chi connectivity index (χ0n) is 28.4. The van der Waals surface area contributed by atoms with Gasteiger partial charge in [-0.15, -0.1) is 22.7 Å². The van der Waals surface area contributed by atoms with E-state index in [-0.39, 0.29) is 0 Å². The first-order chi connectivity index (χ1) is 26.3. The van der Waals surface area contributed by atoms with Crippen molar-refractivity contribution in [3.05, 3.63) is 203 Å². The van der Waals surface area contributed by atoms with Gasteiger partial charge in [-0.05, 0) is 45.5 Å². The number of nitrogens with zero attached hydrogens (tertiary/aromatic N) is 4. The number of rotatable bonds is 6. The Bertz CT molecular complexity index is 2730. The lowest BCUT2D eigenvalue weighted by atomic mass is 9.67. The van der Waals surface area contributed by atoms with E-state index in [2.05, 4.69) is 190 Å². The SMILES string of the molecule is c1ccc(-c2nc3sccn3c2-c2ccc3c(c2)C(c2ccccc2)(c2ccccc2)c2cc(-c4c(-c5ccccc5)nc5sccn45)ccc2-3)cc1. The molecule has 0 bridgehead atoms. The highest BCUT2D eigenvalue weighted by Crippen LogP contribution is 2.58. The van der Waals surface area contributed by atoms with Gasteiger partial charge in [0.15, 0.2) is 9.92 Å². The van der Waals surface area contributed by atoms with Crippen molar-refractivity contribution in [2.75, 3.05) is 0 Å². The summed E-state index contributed by atoms with van der Waals surface area (Å²) in [6, 6.07) is 57.3. The van der Waals surface area contributed by atoms with Crippen LogP contribution >= 0.6 is 22.7 Å². The highest BCUT2D eigenvalue weighted by Gasteiger charge is 2.46. The topological polar surface area (TPSA) is 34.6 Å². The zero-order valence-corrected chi connectivity index (χ0v) is 30.1. The Morgan fingerprint density at radius 1 is 0.415 bits per heavy atom. The van der Waals surface area contributed by atoms with Gasteiger partial charge in [0.1, 0.15) is 0 Å². The van der Waals surface area contributed by atoms with Crippen molar-refractivity contribution in [3.63, 3.8) is 0 Å². The van der Waals surface area contributed by atoms with Crippen LogP contribution in [0.3, 0.4) is 0 Å². The molecule has 0 saturated heterocycles. The molecular formula is C47H30N4S2. The molecule has 0 amide bonds.